The Labute approximate surface area is 140 Å². The van der Waals surface area contributed by atoms with Crippen LogP contribution in [0.4, 0.5) is 56.9 Å². The van der Waals surface area contributed by atoms with E-state index in [0.29, 0.717) is 0 Å². The number of hydrogen-bond acceptors (Lipinski definition) is 4. The standard InChI is InChI=1S/C7H6F13NO4P2/c1-26(20,22)21-27(23,24-2(4(8,9)10)5(11,12)13)25-3(6(14,15)16)7(17,18)19/h2-3H,1H3,(H,21,22,23). The lowest BCUT2D eigenvalue weighted by atomic mass is 10.3. The molecule has 0 fully saturated rings. The maximum Gasteiger partial charge on any atom is 0.424 e. The molecular weight excluding hydrogens is 471 g/mol. The van der Waals surface area contributed by atoms with Gasteiger partial charge in [-0.05, 0) is 0 Å². The highest BCUT2D eigenvalue weighted by molar-refractivity contribution is 7.69. The summed E-state index contributed by atoms with van der Waals surface area (Å²) in [4.78, 5) is 0.0819. The van der Waals surface area contributed by atoms with Crippen LogP contribution in [-0.4, -0.2) is 43.6 Å². The first-order valence-corrected chi connectivity index (χ1v) is 9.28. The average Bonchev–Trinajstić information content (AvgIpc) is 2.25. The van der Waals surface area contributed by atoms with Crippen molar-refractivity contribution in [2.45, 2.75) is 36.9 Å². The third kappa shape index (κ3) is 8.98. The summed E-state index contributed by atoms with van der Waals surface area (Å²) in [6.45, 7) is -0.251. The molecule has 1 unspecified atom stereocenters. The van der Waals surface area contributed by atoms with Crippen molar-refractivity contribution in [1.29, 1.82) is 0 Å². The van der Waals surface area contributed by atoms with Crippen LogP contribution in [0.5, 0.6) is 0 Å². The highest BCUT2D eigenvalue weighted by Crippen LogP contribution is 2.61. The van der Waals surface area contributed by atoms with E-state index in [9.17, 15) is 66.0 Å². The van der Waals surface area contributed by atoms with Crippen LogP contribution in [0.3, 0.4) is 0 Å². The van der Waals surface area contributed by atoms with Crippen molar-refractivity contribution in [3.8, 4) is 0 Å². The van der Waals surface area contributed by atoms with E-state index in [1.807, 2.05) is 0 Å². The molecule has 0 heterocycles. The fourth-order valence-corrected chi connectivity index (χ4v) is 4.39. The van der Waals surface area contributed by atoms with Gasteiger partial charge in [0.25, 0.3) is 12.2 Å². The van der Waals surface area contributed by atoms with E-state index in [1.165, 1.54) is 0 Å². The Balaban J connectivity index is 6.22. The third-order valence-corrected chi connectivity index (χ3v) is 5.36. The van der Waals surface area contributed by atoms with Gasteiger partial charge in [-0.2, -0.15) is 56.9 Å². The topological polar surface area (TPSA) is 64.6 Å². The van der Waals surface area contributed by atoms with Gasteiger partial charge in [-0.1, -0.05) is 0 Å². The quantitative estimate of drug-likeness (QED) is 0.405. The number of alkyl halides is 12. The van der Waals surface area contributed by atoms with Gasteiger partial charge in [-0.25, -0.2) is 4.57 Å². The maximum absolute atomic E-state index is 13.0. The molecule has 0 radical (unpaired) electrons. The van der Waals surface area contributed by atoms with Crippen LogP contribution in [0.15, 0.2) is 0 Å². The van der Waals surface area contributed by atoms with Gasteiger partial charge in [0.05, 0.1) is 0 Å². The summed E-state index contributed by atoms with van der Waals surface area (Å²) in [6.07, 6.45) is -36.9. The van der Waals surface area contributed by atoms with Crippen molar-refractivity contribution in [2.75, 3.05) is 6.66 Å². The monoisotopic (exact) mass is 477 g/mol. The van der Waals surface area contributed by atoms with Crippen LogP contribution in [-0.2, 0) is 18.2 Å². The molecule has 0 aliphatic heterocycles. The number of rotatable bonds is 6. The summed E-state index contributed by atoms with van der Waals surface area (Å²) in [7, 11) is -12.9. The number of halogens is 13. The van der Waals surface area contributed by atoms with Crippen molar-refractivity contribution in [3.05, 3.63) is 0 Å². The summed E-state index contributed by atoms with van der Waals surface area (Å²) >= 11 is 0. The van der Waals surface area contributed by atoms with Gasteiger partial charge >= 0.3 is 40.1 Å². The van der Waals surface area contributed by atoms with E-state index in [-0.39, 0.29) is 11.5 Å². The third-order valence-electron chi connectivity index (χ3n) is 1.98. The first kappa shape index (κ1) is 26.4. The highest BCUT2D eigenvalue weighted by Gasteiger charge is 2.65. The lowest BCUT2D eigenvalue weighted by Gasteiger charge is -2.31. The Morgan fingerprint density at radius 3 is 1.04 bits per heavy atom. The molecule has 0 aliphatic carbocycles. The minimum Gasteiger partial charge on any atom is -0.274 e. The molecule has 0 aromatic heterocycles. The zero-order chi connectivity index (χ0) is 22.3. The zero-order valence-electron chi connectivity index (χ0n) is 12.1. The fourth-order valence-electron chi connectivity index (χ4n) is 1.18. The van der Waals surface area contributed by atoms with Crippen LogP contribution < -0.4 is 4.86 Å². The predicted octanol–water partition coefficient (Wildman–Crippen LogP) is 5.50. The van der Waals surface area contributed by atoms with E-state index in [2.05, 4.69) is 9.05 Å². The molecule has 0 aromatic carbocycles. The maximum atomic E-state index is 13.0. The molecule has 27 heavy (non-hydrogen) atoms. The molecule has 0 aliphatic rings. The van der Waals surface area contributed by atoms with E-state index in [4.69, 9.17) is 0 Å². The highest BCUT2D eigenvalue weighted by atomic mass is 31.3. The summed E-state index contributed by atoms with van der Waals surface area (Å²) in [5.41, 5.74) is 0. The average molecular weight is 477 g/mol. The molecule has 0 rings (SSSR count). The second kappa shape index (κ2) is 7.69. The van der Waals surface area contributed by atoms with E-state index in [1.54, 1.807) is 0 Å². The molecule has 0 saturated heterocycles. The fraction of sp³-hybridized carbons (Fsp3) is 1.00. The molecule has 0 saturated carbocycles. The van der Waals surface area contributed by atoms with Gasteiger partial charge < -0.3 is 0 Å². The molecule has 5 nitrogen and oxygen atoms in total. The molecule has 1 N–H and O–H groups in total. The Morgan fingerprint density at radius 2 is 0.889 bits per heavy atom. The Hall–Kier alpha value is -0.570. The van der Waals surface area contributed by atoms with Gasteiger partial charge in [0.1, 0.15) is 0 Å². The normalized spacial score (nSPS) is 17.5. The molecule has 0 aromatic rings. The lowest BCUT2D eigenvalue weighted by molar-refractivity contribution is -0.314. The smallest absolute Gasteiger partial charge is 0.274 e. The minimum absolute atomic E-state index is 0.0819. The SMILES string of the molecule is CP(=O)(F)NP(=O)(OC(C(F)(F)F)C(F)(F)F)OC(C(F)(F)F)C(F)(F)F. The summed E-state index contributed by atoms with van der Waals surface area (Å²) in [5, 5.41) is 0. The molecule has 20 heteroatoms. The van der Waals surface area contributed by atoms with Crippen LogP contribution in [0.1, 0.15) is 0 Å². The van der Waals surface area contributed by atoms with Gasteiger partial charge in [0.2, 0.25) is 0 Å². The second-order valence-electron chi connectivity index (χ2n) is 4.55. The van der Waals surface area contributed by atoms with E-state index in [0.717, 1.165) is 0 Å². The number of hydrogen-bond donors (Lipinski definition) is 1. The first-order valence-electron chi connectivity index (χ1n) is 5.69. The largest absolute Gasteiger partial charge is 0.424 e. The lowest BCUT2D eigenvalue weighted by Crippen LogP contribution is -2.47. The van der Waals surface area contributed by atoms with Crippen LogP contribution >= 0.6 is 15.3 Å². The molecule has 164 valence electrons. The van der Waals surface area contributed by atoms with Crippen LogP contribution in [0.2, 0.25) is 0 Å². The Bertz CT molecular complexity index is 536. The van der Waals surface area contributed by atoms with Gasteiger partial charge in [-0.15, -0.1) is 4.86 Å². The zero-order valence-corrected chi connectivity index (χ0v) is 13.9. The van der Waals surface area contributed by atoms with Gasteiger partial charge in [0, 0.05) is 6.66 Å². The first-order chi connectivity index (χ1) is 11.4. The van der Waals surface area contributed by atoms with Crippen molar-refractivity contribution < 1.29 is 75.1 Å². The van der Waals surface area contributed by atoms with E-state index < -0.39 is 52.3 Å². The van der Waals surface area contributed by atoms with Gasteiger partial charge in [-0.3, -0.25) is 13.6 Å². The van der Waals surface area contributed by atoms with Crippen LogP contribution in [0.25, 0.3) is 0 Å². The Morgan fingerprint density at radius 1 is 0.667 bits per heavy atom. The summed E-state index contributed by atoms with van der Waals surface area (Å²) in [6, 6.07) is 0. The molecular formula is C7H6F13NO4P2. The van der Waals surface area contributed by atoms with Gasteiger partial charge in [0.15, 0.2) is 0 Å². The van der Waals surface area contributed by atoms with E-state index >= 15 is 0 Å². The molecule has 0 amide bonds. The Kier molecular flexibility index (Phi) is 7.53. The van der Waals surface area contributed by atoms with Crippen molar-refractivity contribution in [1.82, 2.24) is 4.86 Å². The predicted molar refractivity (Wildman–Crippen MR) is 59.3 cm³/mol. The van der Waals surface area contributed by atoms with Crippen molar-refractivity contribution >= 4 is 15.3 Å². The summed E-state index contributed by atoms with van der Waals surface area (Å²) in [5.74, 6) is 0. The van der Waals surface area contributed by atoms with Crippen molar-refractivity contribution in [2.24, 2.45) is 0 Å². The molecule has 0 spiro atoms. The summed E-state index contributed by atoms with van der Waals surface area (Å²) < 4.78 is 189. The second-order valence-corrected chi connectivity index (χ2v) is 8.41. The van der Waals surface area contributed by atoms with Crippen LogP contribution in [0, 0.1) is 0 Å². The van der Waals surface area contributed by atoms with Crippen molar-refractivity contribution in [3.63, 3.8) is 0 Å². The minimum atomic E-state index is -7.11. The molecule has 0 bridgehead atoms. The number of nitrogens with one attached hydrogen (secondary N) is 1. The molecule has 1 atom stereocenters.